The molecule has 0 saturated carbocycles. The first-order valence-corrected chi connectivity index (χ1v) is 20.8. The number of ether oxygens (including phenoxy) is 2. The molecule has 20 heteroatoms. The summed E-state index contributed by atoms with van der Waals surface area (Å²) in [6, 6.07) is 13.3. The van der Waals surface area contributed by atoms with Crippen molar-refractivity contribution >= 4 is 52.3 Å². The maximum Gasteiger partial charge on any atom is 0.417 e. The second-order valence-electron chi connectivity index (χ2n) is 16.9. The predicted octanol–water partition coefficient (Wildman–Crippen LogP) is 5.50. The van der Waals surface area contributed by atoms with E-state index in [1.54, 1.807) is 27.0 Å². The predicted molar refractivity (Wildman–Crippen MR) is 235 cm³/mol. The van der Waals surface area contributed by atoms with E-state index in [2.05, 4.69) is 27.5 Å². The van der Waals surface area contributed by atoms with Crippen LogP contribution in [-0.4, -0.2) is 93.8 Å². The molecule has 2 saturated heterocycles. The number of benzene rings is 3. The molecule has 2 aliphatic rings. The first-order valence-electron chi connectivity index (χ1n) is 20.4. The zero-order chi connectivity index (χ0) is 48.1. The average molecular weight is 932 g/mol. The van der Waals surface area contributed by atoms with Gasteiger partial charge < -0.3 is 39.4 Å². The number of carbonyl (C=O) groups is 4. The molecular formula is C46H45F4N7O8S. The molecular weight excluding hydrogens is 887 g/mol. The number of nitrogens with one attached hydrogen (secondary N) is 2. The van der Waals surface area contributed by atoms with Crippen LogP contribution < -0.4 is 25.2 Å². The van der Waals surface area contributed by atoms with E-state index in [-0.39, 0.29) is 55.0 Å². The molecule has 2 fully saturated rings. The van der Waals surface area contributed by atoms with E-state index in [0.717, 1.165) is 28.2 Å². The van der Waals surface area contributed by atoms with Crippen LogP contribution in [0.25, 0.3) is 11.3 Å². The molecule has 6 rings (SSSR count). The maximum atomic E-state index is 15.3. The number of nitriles is 1. The third-order valence-corrected chi connectivity index (χ3v) is 11.1. The number of hydrogen-bond acceptors (Lipinski definition) is 11. The summed E-state index contributed by atoms with van der Waals surface area (Å²) < 4.78 is 72.6. The van der Waals surface area contributed by atoms with Gasteiger partial charge in [0.15, 0.2) is 28.8 Å². The van der Waals surface area contributed by atoms with Crippen molar-refractivity contribution in [1.82, 2.24) is 20.5 Å². The van der Waals surface area contributed by atoms with Gasteiger partial charge in [0.25, 0.3) is 5.91 Å². The molecule has 346 valence electrons. The van der Waals surface area contributed by atoms with Crippen LogP contribution in [0.5, 0.6) is 5.75 Å². The summed E-state index contributed by atoms with van der Waals surface area (Å²) in [6.45, 7) is 7.27. The standard InChI is InChI=1S/C46H45F4N7O8S/c1-44(2,3)39(41(61)55-24-32(58)20-35(55)40(60)53-22-27-8-10-28(11-9-27)37-23-52-26-65-37)54-38(59)25-63-16-6-7-17-64-36-15-14-31(19-34(36)47)57-43(66)56(42(62)45(57,4)5)30-13-12-29(21-51)33(18-30)46(48,49)50/h8-15,18-19,23,26,32,35,39,58H,16-17,20,22,24-25H2,1-5H3,(H,53,60)(H,54,59)/t32-,35+,39?/m1/s1. The van der Waals surface area contributed by atoms with Crippen LogP contribution in [0, 0.1) is 34.4 Å². The molecule has 1 aromatic heterocycles. The quantitative estimate of drug-likeness (QED) is 0.0662. The van der Waals surface area contributed by atoms with Gasteiger partial charge in [-0.2, -0.15) is 18.4 Å². The fraction of sp³-hybridized carbons (Fsp3) is 0.370. The van der Waals surface area contributed by atoms with Gasteiger partial charge in [-0.05, 0) is 67.4 Å². The lowest BCUT2D eigenvalue weighted by atomic mass is 9.85. The average Bonchev–Trinajstić information content (AvgIpc) is 3.98. The molecule has 0 radical (unpaired) electrons. The SMILES string of the molecule is CC(C)(C)C(NC(=O)COCC#CCOc1ccc(N2C(=S)N(c3ccc(C#N)c(C(F)(F)F)c3)C(=O)C2(C)C)cc1F)C(=O)N1C[C@H](O)C[C@H]1C(=O)NCc1ccc(-c2cnco2)cc1. The normalized spacial score (nSPS) is 17.5. The van der Waals surface area contributed by atoms with Gasteiger partial charge in [-0.15, -0.1) is 0 Å². The summed E-state index contributed by atoms with van der Waals surface area (Å²) in [5.74, 6) is 2.50. The van der Waals surface area contributed by atoms with Gasteiger partial charge in [0, 0.05) is 36.8 Å². The molecule has 0 spiro atoms. The zero-order valence-electron chi connectivity index (χ0n) is 36.4. The number of alkyl halides is 3. The van der Waals surface area contributed by atoms with Crippen molar-refractivity contribution in [2.24, 2.45) is 5.41 Å². The minimum absolute atomic E-state index is 0.0186. The lowest BCUT2D eigenvalue weighted by Gasteiger charge is -2.35. The number of carbonyl (C=O) groups excluding carboxylic acids is 4. The third-order valence-electron chi connectivity index (χ3n) is 10.8. The zero-order valence-corrected chi connectivity index (χ0v) is 37.2. The number of β-amino-alcohol motifs (C(OH)–C–C–N with tert-alkyl or cyclic N) is 1. The van der Waals surface area contributed by atoms with Crippen LogP contribution in [0.15, 0.2) is 77.7 Å². The summed E-state index contributed by atoms with van der Waals surface area (Å²) >= 11 is 5.52. The lowest BCUT2D eigenvalue weighted by Crippen LogP contribution is -2.58. The van der Waals surface area contributed by atoms with Crippen molar-refractivity contribution < 1.29 is 55.7 Å². The smallest absolute Gasteiger partial charge is 0.417 e. The lowest BCUT2D eigenvalue weighted by molar-refractivity contribution is -0.144. The summed E-state index contributed by atoms with van der Waals surface area (Å²) in [7, 11) is 0. The Kier molecular flexibility index (Phi) is 14.5. The Hall–Kier alpha value is -6.87. The molecule has 3 aromatic carbocycles. The van der Waals surface area contributed by atoms with Gasteiger partial charge in [0.05, 0.1) is 35.2 Å². The summed E-state index contributed by atoms with van der Waals surface area (Å²) in [5.41, 5.74) is -2.60. The number of hydrogen-bond donors (Lipinski definition) is 3. The first kappa shape index (κ1) is 48.6. The minimum Gasteiger partial charge on any atom is -0.478 e. The Labute approximate surface area is 382 Å². The van der Waals surface area contributed by atoms with Gasteiger partial charge >= 0.3 is 6.18 Å². The minimum atomic E-state index is -4.88. The molecule has 0 aliphatic carbocycles. The number of likely N-dealkylation sites (tertiary alicyclic amines) is 1. The van der Waals surface area contributed by atoms with Gasteiger partial charge in [0.1, 0.15) is 37.4 Å². The first-order chi connectivity index (χ1) is 31.1. The number of aliphatic hydroxyl groups excluding tert-OH is 1. The highest BCUT2D eigenvalue weighted by atomic mass is 32.1. The molecule has 4 aromatic rings. The van der Waals surface area contributed by atoms with E-state index < -0.39 is 82.5 Å². The Morgan fingerprint density at radius 3 is 2.38 bits per heavy atom. The Morgan fingerprint density at radius 2 is 1.74 bits per heavy atom. The maximum absolute atomic E-state index is 15.3. The van der Waals surface area contributed by atoms with Crippen LogP contribution in [-0.2, 0) is 36.6 Å². The number of anilines is 2. The number of amides is 4. The molecule has 0 bridgehead atoms. The highest BCUT2D eigenvalue weighted by Crippen LogP contribution is 2.40. The molecule has 3 heterocycles. The summed E-state index contributed by atoms with van der Waals surface area (Å²) in [5, 5.41) is 25.0. The number of rotatable bonds is 13. The van der Waals surface area contributed by atoms with E-state index in [9.17, 15) is 42.7 Å². The number of thiocarbonyl (C=S) groups is 1. The Bertz CT molecular complexity index is 2600. The van der Waals surface area contributed by atoms with Crippen molar-refractivity contribution in [3.8, 4) is 35.0 Å². The van der Waals surface area contributed by atoms with E-state index in [1.165, 1.54) is 54.3 Å². The highest BCUT2D eigenvalue weighted by molar-refractivity contribution is 7.81. The van der Waals surface area contributed by atoms with Crippen molar-refractivity contribution in [3.05, 3.63) is 95.8 Å². The van der Waals surface area contributed by atoms with E-state index in [1.807, 2.05) is 24.3 Å². The van der Waals surface area contributed by atoms with Crippen LogP contribution in [0.4, 0.5) is 28.9 Å². The Balaban J connectivity index is 0.986. The van der Waals surface area contributed by atoms with Crippen molar-refractivity contribution in [2.45, 2.75) is 77.5 Å². The summed E-state index contributed by atoms with van der Waals surface area (Å²) in [6.07, 6.45) is -2.89. The molecule has 1 unspecified atom stereocenters. The number of nitrogens with zero attached hydrogens (tertiary/aromatic N) is 5. The molecule has 3 atom stereocenters. The van der Waals surface area contributed by atoms with E-state index in [4.69, 9.17) is 26.1 Å². The topological polar surface area (TPSA) is 191 Å². The van der Waals surface area contributed by atoms with E-state index in [0.29, 0.717) is 11.8 Å². The molecule has 66 heavy (non-hydrogen) atoms. The van der Waals surface area contributed by atoms with Gasteiger partial charge in [-0.3, -0.25) is 24.1 Å². The fourth-order valence-corrected chi connectivity index (χ4v) is 7.91. The Morgan fingerprint density at radius 1 is 1.05 bits per heavy atom. The number of oxazole rings is 1. The number of aromatic nitrogens is 1. The molecule has 4 amide bonds. The second-order valence-corrected chi connectivity index (χ2v) is 17.3. The van der Waals surface area contributed by atoms with Crippen molar-refractivity contribution in [1.29, 1.82) is 5.26 Å². The second kappa shape index (κ2) is 19.7. The van der Waals surface area contributed by atoms with Crippen LogP contribution >= 0.6 is 12.2 Å². The van der Waals surface area contributed by atoms with Gasteiger partial charge in [0.2, 0.25) is 17.7 Å². The van der Waals surface area contributed by atoms with Crippen molar-refractivity contribution in [2.75, 3.05) is 36.2 Å². The summed E-state index contributed by atoms with van der Waals surface area (Å²) in [4.78, 5) is 61.1. The monoisotopic (exact) mass is 931 g/mol. The van der Waals surface area contributed by atoms with Gasteiger partial charge in [-0.1, -0.05) is 56.9 Å². The molecule has 3 N–H and O–H groups in total. The largest absolute Gasteiger partial charge is 0.478 e. The third kappa shape index (κ3) is 10.8. The van der Waals surface area contributed by atoms with Crippen molar-refractivity contribution in [3.63, 3.8) is 0 Å². The van der Waals surface area contributed by atoms with Crippen LogP contribution in [0.3, 0.4) is 0 Å². The van der Waals surface area contributed by atoms with E-state index >= 15 is 4.39 Å². The van der Waals surface area contributed by atoms with Crippen LogP contribution in [0.1, 0.15) is 57.7 Å². The highest BCUT2D eigenvalue weighted by Gasteiger charge is 2.51. The number of halogens is 4. The fourth-order valence-electron chi connectivity index (χ4n) is 7.39. The van der Waals surface area contributed by atoms with Gasteiger partial charge in [-0.25, -0.2) is 9.37 Å². The molecule has 2 aliphatic heterocycles. The number of aliphatic hydroxyl groups is 1. The molecule has 15 nitrogen and oxygen atoms in total. The van der Waals surface area contributed by atoms with Crippen LogP contribution in [0.2, 0.25) is 0 Å².